The molecule has 0 saturated heterocycles. The van der Waals surface area contributed by atoms with Crippen molar-refractivity contribution in [3.8, 4) is 10.6 Å². The van der Waals surface area contributed by atoms with Gasteiger partial charge in [-0.15, -0.1) is 11.3 Å². The van der Waals surface area contributed by atoms with Crippen molar-refractivity contribution in [3.63, 3.8) is 0 Å². The summed E-state index contributed by atoms with van der Waals surface area (Å²) >= 11 is 7.33. The molecule has 0 aliphatic heterocycles. The minimum Gasteiger partial charge on any atom is -0.395 e. The van der Waals surface area contributed by atoms with Gasteiger partial charge in [-0.2, -0.15) is 0 Å². The fraction of sp³-hybridized carbons (Fsp3) is 0.231. The Morgan fingerprint density at radius 3 is 3.00 bits per heavy atom. The largest absolute Gasteiger partial charge is 0.395 e. The molecule has 2 aromatic rings. The van der Waals surface area contributed by atoms with Gasteiger partial charge in [0.1, 0.15) is 10.7 Å². The van der Waals surface area contributed by atoms with Gasteiger partial charge in [0.15, 0.2) is 0 Å². The van der Waals surface area contributed by atoms with Crippen LogP contribution in [-0.2, 0) is 0 Å². The summed E-state index contributed by atoms with van der Waals surface area (Å²) in [7, 11) is 1.64. The van der Waals surface area contributed by atoms with Gasteiger partial charge in [0, 0.05) is 29.6 Å². The van der Waals surface area contributed by atoms with Crippen LogP contribution in [0.5, 0.6) is 0 Å². The number of nitrogens with zero attached hydrogens (tertiary/aromatic N) is 2. The smallest absolute Gasteiger partial charge is 0.273 e. The molecule has 2 rings (SSSR count). The lowest BCUT2D eigenvalue weighted by molar-refractivity contribution is 0.0762. The zero-order valence-corrected chi connectivity index (χ0v) is 11.9. The van der Waals surface area contributed by atoms with E-state index in [4.69, 9.17) is 16.7 Å². The predicted octanol–water partition coefficient (Wildman–Crippen LogP) is 2.53. The van der Waals surface area contributed by atoms with Crippen LogP contribution >= 0.6 is 22.9 Å². The number of carbonyl (C=O) groups is 1. The summed E-state index contributed by atoms with van der Waals surface area (Å²) in [5.41, 5.74) is 1.28. The Hall–Kier alpha value is -1.43. The second kappa shape index (κ2) is 6.14. The van der Waals surface area contributed by atoms with Gasteiger partial charge < -0.3 is 10.0 Å². The number of rotatable bonds is 4. The molecule has 1 aromatic carbocycles. The van der Waals surface area contributed by atoms with Crippen molar-refractivity contribution in [3.05, 3.63) is 40.4 Å². The summed E-state index contributed by atoms with van der Waals surface area (Å²) in [6, 6.07) is 7.35. The first-order valence-corrected chi connectivity index (χ1v) is 6.95. The Morgan fingerprint density at radius 2 is 2.32 bits per heavy atom. The number of aliphatic hydroxyl groups is 1. The molecule has 0 radical (unpaired) electrons. The van der Waals surface area contributed by atoms with Gasteiger partial charge in [0.05, 0.1) is 6.61 Å². The van der Waals surface area contributed by atoms with Gasteiger partial charge in [-0.1, -0.05) is 23.7 Å². The molecule has 6 heteroatoms. The molecule has 0 saturated carbocycles. The van der Waals surface area contributed by atoms with Gasteiger partial charge in [0.2, 0.25) is 0 Å². The first-order chi connectivity index (χ1) is 9.11. The van der Waals surface area contributed by atoms with Gasteiger partial charge >= 0.3 is 0 Å². The van der Waals surface area contributed by atoms with Gasteiger partial charge in [-0.25, -0.2) is 4.98 Å². The highest BCUT2D eigenvalue weighted by Gasteiger charge is 2.15. The molecule has 100 valence electrons. The third-order valence-corrected chi connectivity index (χ3v) is 3.70. The standard InChI is InChI=1S/C13H13ClN2O2S/c1-16(5-6-17)13(18)11-8-19-12(15-11)9-3-2-4-10(14)7-9/h2-4,7-8,17H,5-6H2,1H3. The maximum absolute atomic E-state index is 12.0. The van der Waals surface area contributed by atoms with Crippen molar-refractivity contribution in [2.45, 2.75) is 0 Å². The first-order valence-electron chi connectivity index (χ1n) is 5.69. The number of halogens is 1. The van der Waals surface area contributed by atoms with Crippen LogP contribution < -0.4 is 0 Å². The SMILES string of the molecule is CN(CCO)C(=O)c1csc(-c2cccc(Cl)c2)n1. The zero-order valence-electron chi connectivity index (χ0n) is 10.3. The van der Waals surface area contributed by atoms with E-state index in [0.29, 0.717) is 17.3 Å². The topological polar surface area (TPSA) is 53.4 Å². The fourth-order valence-electron chi connectivity index (χ4n) is 1.57. The van der Waals surface area contributed by atoms with Crippen molar-refractivity contribution in [1.29, 1.82) is 0 Å². The molecule has 1 N–H and O–H groups in total. The summed E-state index contributed by atoms with van der Waals surface area (Å²) in [5.74, 6) is -0.196. The molecule has 1 amide bonds. The molecule has 0 aliphatic rings. The minimum atomic E-state index is -0.196. The lowest BCUT2D eigenvalue weighted by Crippen LogP contribution is -2.29. The third kappa shape index (κ3) is 3.32. The Bertz CT molecular complexity index is 586. The van der Waals surface area contributed by atoms with Gasteiger partial charge in [0.25, 0.3) is 5.91 Å². The molecule has 0 unspecified atom stereocenters. The first kappa shape index (κ1) is 14.0. The number of likely N-dealkylation sites (N-methyl/N-ethyl adjacent to an activating group) is 1. The Balaban J connectivity index is 2.22. The van der Waals surface area contributed by atoms with Crippen LogP contribution in [-0.4, -0.2) is 41.1 Å². The highest BCUT2D eigenvalue weighted by molar-refractivity contribution is 7.13. The van der Waals surface area contributed by atoms with E-state index in [1.165, 1.54) is 16.2 Å². The molecule has 1 heterocycles. The van der Waals surface area contributed by atoms with Crippen LogP contribution in [0.4, 0.5) is 0 Å². The maximum atomic E-state index is 12.0. The quantitative estimate of drug-likeness (QED) is 0.943. The van der Waals surface area contributed by atoms with Crippen molar-refractivity contribution in [1.82, 2.24) is 9.88 Å². The van der Waals surface area contributed by atoms with E-state index in [1.807, 2.05) is 18.2 Å². The van der Waals surface area contributed by atoms with E-state index in [0.717, 1.165) is 10.6 Å². The third-order valence-electron chi connectivity index (χ3n) is 2.58. The number of hydrogen-bond acceptors (Lipinski definition) is 4. The van der Waals surface area contributed by atoms with Crippen molar-refractivity contribution < 1.29 is 9.90 Å². The van der Waals surface area contributed by atoms with Crippen LogP contribution in [0.1, 0.15) is 10.5 Å². The van der Waals surface area contributed by atoms with Gasteiger partial charge in [-0.05, 0) is 12.1 Å². The number of amides is 1. The van der Waals surface area contributed by atoms with E-state index in [1.54, 1.807) is 18.5 Å². The van der Waals surface area contributed by atoms with Crippen LogP contribution in [0.15, 0.2) is 29.6 Å². The van der Waals surface area contributed by atoms with Crippen LogP contribution in [0.25, 0.3) is 10.6 Å². The summed E-state index contributed by atoms with van der Waals surface area (Å²) < 4.78 is 0. The molecule has 19 heavy (non-hydrogen) atoms. The Labute approximate surface area is 120 Å². The molecule has 0 spiro atoms. The molecular weight excluding hydrogens is 284 g/mol. The lowest BCUT2D eigenvalue weighted by atomic mass is 10.2. The van der Waals surface area contributed by atoms with E-state index < -0.39 is 0 Å². The number of thiazole rings is 1. The van der Waals surface area contributed by atoms with Gasteiger partial charge in [-0.3, -0.25) is 4.79 Å². The average molecular weight is 297 g/mol. The number of aromatic nitrogens is 1. The molecule has 4 nitrogen and oxygen atoms in total. The number of aliphatic hydroxyl groups excluding tert-OH is 1. The molecule has 0 aliphatic carbocycles. The Kier molecular flexibility index (Phi) is 4.52. The summed E-state index contributed by atoms with van der Waals surface area (Å²) in [6.07, 6.45) is 0. The summed E-state index contributed by atoms with van der Waals surface area (Å²) in [4.78, 5) is 17.7. The van der Waals surface area contributed by atoms with E-state index >= 15 is 0 Å². The van der Waals surface area contributed by atoms with Crippen molar-refractivity contribution in [2.75, 3.05) is 20.2 Å². The number of hydrogen-bond donors (Lipinski definition) is 1. The average Bonchev–Trinajstić information content (AvgIpc) is 2.87. The second-order valence-corrected chi connectivity index (χ2v) is 5.29. The molecule has 0 atom stereocenters. The van der Waals surface area contributed by atoms with Crippen LogP contribution in [0, 0.1) is 0 Å². The van der Waals surface area contributed by atoms with Crippen LogP contribution in [0.2, 0.25) is 5.02 Å². The molecular formula is C13H13ClN2O2S. The molecule has 0 fully saturated rings. The second-order valence-electron chi connectivity index (χ2n) is 4.00. The highest BCUT2D eigenvalue weighted by atomic mass is 35.5. The predicted molar refractivity (Wildman–Crippen MR) is 76.6 cm³/mol. The van der Waals surface area contributed by atoms with E-state index in [9.17, 15) is 4.79 Å². The summed E-state index contributed by atoms with van der Waals surface area (Å²) in [6.45, 7) is 0.233. The fourth-order valence-corrected chi connectivity index (χ4v) is 2.55. The molecule has 1 aromatic heterocycles. The van der Waals surface area contributed by atoms with E-state index in [2.05, 4.69) is 4.98 Å². The maximum Gasteiger partial charge on any atom is 0.273 e. The highest BCUT2D eigenvalue weighted by Crippen LogP contribution is 2.26. The monoisotopic (exact) mass is 296 g/mol. The van der Waals surface area contributed by atoms with Crippen molar-refractivity contribution in [2.24, 2.45) is 0 Å². The van der Waals surface area contributed by atoms with Crippen LogP contribution in [0.3, 0.4) is 0 Å². The number of benzene rings is 1. The summed E-state index contributed by atoms with van der Waals surface area (Å²) in [5, 5.41) is 11.9. The Morgan fingerprint density at radius 1 is 1.53 bits per heavy atom. The molecule has 0 bridgehead atoms. The number of carbonyl (C=O) groups excluding carboxylic acids is 1. The van der Waals surface area contributed by atoms with Crippen molar-refractivity contribution >= 4 is 28.8 Å². The normalized spacial score (nSPS) is 10.5. The lowest BCUT2D eigenvalue weighted by Gasteiger charge is -2.13. The minimum absolute atomic E-state index is 0.0620. The zero-order chi connectivity index (χ0) is 13.8. The van der Waals surface area contributed by atoms with E-state index in [-0.39, 0.29) is 12.5 Å².